The Morgan fingerprint density at radius 1 is 1.32 bits per heavy atom. The molecule has 19 heavy (non-hydrogen) atoms. The van der Waals surface area contributed by atoms with Crippen LogP contribution in [0.5, 0.6) is 0 Å². The van der Waals surface area contributed by atoms with Gasteiger partial charge in [0.1, 0.15) is 0 Å². The average molecular weight is 326 g/mol. The summed E-state index contributed by atoms with van der Waals surface area (Å²) in [5.41, 5.74) is 0.950. The number of hydrogen-bond acceptors (Lipinski definition) is 2. The summed E-state index contributed by atoms with van der Waals surface area (Å²) in [6.45, 7) is 1.00. The molecule has 0 aliphatic carbocycles. The van der Waals surface area contributed by atoms with Gasteiger partial charge in [0.2, 0.25) is 5.91 Å². The highest BCUT2D eigenvalue weighted by Crippen LogP contribution is 2.18. The van der Waals surface area contributed by atoms with Gasteiger partial charge in [0.15, 0.2) is 0 Å². The molecule has 1 fully saturated rings. The van der Waals surface area contributed by atoms with Gasteiger partial charge in [-0.15, -0.1) is 0 Å². The van der Waals surface area contributed by atoms with E-state index in [0.29, 0.717) is 25.9 Å². The number of aliphatic carboxylic acids is 1. The molecule has 2 rings (SSSR count). The minimum absolute atomic E-state index is 0.00766. The summed E-state index contributed by atoms with van der Waals surface area (Å²) >= 11 is 3.35. The summed E-state index contributed by atoms with van der Waals surface area (Å²) in [4.78, 5) is 24.8. The monoisotopic (exact) mass is 325 g/mol. The van der Waals surface area contributed by atoms with E-state index in [0.717, 1.165) is 16.5 Å². The number of rotatable bonds is 3. The first-order valence-corrected chi connectivity index (χ1v) is 7.10. The molecule has 0 bridgehead atoms. The molecular weight excluding hydrogens is 310 g/mol. The van der Waals surface area contributed by atoms with Crippen LogP contribution < -0.4 is 0 Å². The lowest BCUT2D eigenvalue weighted by molar-refractivity contribution is -0.145. The van der Waals surface area contributed by atoms with Crippen LogP contribution in [0, 0.1) is 5.92 Å². The minimum atomic E-state index is -0.804. The summed E-state index contributed by atoms with van der Waals surface area (Å²) in [6, 6.07) is 7.61. The van der Waals surface area contributed by atoms with Crippen molar-refractivity contribution in [1.82, 2.24) is 4.90 Å². The Balaban J connectivity index is 1.96. The maximum atomic E-state index is 12.1. The van der Waals surface area contributed by atoms with Gasteiger partial charge in [-0.3, -0.25) is 9.59 Å². The van der Waals surface area contributed by atoms with Gasteiger partial charge in [0, 0.05) is 17.6 Å². The van der Waals surface area contributed by atoms with Gasteiger partial charge in [-0.1, -0.05) is 28.1 Å². The molecule has 0 spiro atoms. The Labute approximate surface area is 120 Å². The van der Waals surface area contributed by atoms with Crippen LogP contribution in [0.15, 0.2) is 28.7 Å². The fraction of sp³-hybridized carbons (Fsp3) is 0.429. The molecule has 5 heteroatoms. The zero-order valence-corrected chi connectivity index (χ0v) is 12.1. The number of hydrogen-bond donors (Lipinski definition) is 1. The van der Waals surface area contributed by atoms with E-state index in [9.17, 15) is 9.59 Å². The molecule has 1 aliphatic rings. The quantitative estimate of drug-likeness (QED) is 0.927. The van der Waals surface area contributed by atoms with Crippen molar-refractivity contribution >= 4 is 27.8 Å². The average Bonchev–Trinajstić information content (AvgIpc) is 2.41. The third-order valence-electron chi connectivity index (χ3n) is 3.39. The summed E-state index contributed by atoms with van der Waals surface area (Å²) < 4.78 is 0.979. The first kappa shape index (κ1) is 14.1. The van der Waals surface area contributed by atoms with Crippen LogP contribution >= 0.6 is 15.9 Å². The SMILES string of the molecule is O=C(O)C1CCCN(C(=O)Cc2ccc(Br)cc2)C1. The molecule has 1 aromatic rings. The van der Waals surface area contributed by atoms with Crippen LogP contribution in [-0.4, -0.2) is 35.0 Å². The topological polar surface area (TPSA) is 57.6 Å². The Morgan fingerprint density at radius 2 is 2.00 bits per heavy atom. The first-order valence-electron chi connectivity index (χ1n) is 6.31. The van der Waals surface area contributed by atoms with Crippen LogP contribution in [0.4, 0.5) is 0 Å². The number of likely N-dealkylation sites (tertiary alicyclic amines) is 1. The van der Waals surface area contributed by atoms with Crippen molar-refractivity contribution in [2.45, 2.75) is 19.3 Å². The Kier molecular flexibility index (Phi) is 4.58. The van der Waals surface area contributed by atoms with Crippen LogP contribution in [0.2, 0.25) is 0 Å². The molecule has 1 unspecified atom stereocenters. The van der Waals surface area contributed by atoms with Crippen molar-refractivity contribution in [3.05, 3.63) is 34.3 Å². The van der Waals surface area contributed by atoms with Crippen LogP contribution in [0.3, 0.4) is 0 Å². The number of carboxylic acids is 1. The molecule has 1 N–H and O–H groups in total. The number of piperidine rings is 1. The lowest BCUT2D eigenvalue weighted by Gasteiger charge is -2.30. The second-order valence-electron chi connectivity index (χ2n) is 4.82. The zero-order valence-electron chi connectivity index (χ0n) is 10.5. The van der Waals surface area contributed by atoms with Crippen molar-refractivity contribution in [3.63, 3.8) is 0 Å². The van der Waals surface area contributed by atoms with Crippen molar-refractivity contribution in [2.24, 2.45) is 5.92 Å². The number of benzene rings is 1. The lowest BCUT2D eigenvalue weighted by Crippen LogP contribution is -2.42. The lowest BCUT2D eigenvalue weighted by atomic mass is 9.97. The molecule has 0 saturated carbocycles. The molecule has 1 aromatic carbocycles. The molecule has 4 nitrogen and oxygen atoms in total. The molecule has 1 saturated heterocycles. The van der Waals surface area contributed by atoms with Crippen LogP contribution in [-0.2, 0) is 16.0 Å². The van der Waals surface area contributed by atoms with Gasteiger partial charge < -0.3 is 10.0 Å². The molecule has 102 valence electrons. The maximum Gasteiger partial charge on any atom is 0.308 e. The number of amides is 1. The predicted octanol–water partition coefficient (Wildman–Crippen LogP) is 2.31. The van der Waals surface area contributed by atoms with E-state index in [1.807, 2.05) is 24.3 Å². The summed E-state index contributed by atoms with van der Waals surface area (Å²) in [7, 11) is 0. The third-order valence-corrected chi connectivity index (χ3v) is 3.92. The number of nitrogens with zero attached hydrogens (tertiary/aromatic N) is 1. The van der Waals surface area contributed by atoms with Crippen LogP contribution in [0.1, 0.15) is 18.4 Å². The largest absolute Gasteiger partial charge is 0.481 e. The number of carbonyl (C=O) groups is 2. The molecule has 0 aromatic heterocycles. The molecular formula is C14H16BrNO3. The fourth-order valence-corrected chi connectivity index (χ4v) is 2.56. The van der Waals surface area contributed by atoms with Crippen molar-refractivity contribution in [3.8, 4) is 0 Å². The van der Waals surface area contributed by atoms with Gasteiger partial charge in [-0.05, 0) is 30.5 Å². The zero-order chi connectivity index (χ0) is 13.8. The number of halogens is 1. The Morgan fingerprint density at radius 3 is 2.63 bits per heavy atom. The summed E-state index contributed by atoms with van der Waals surface area (Å²) in [6.07, 6.45) is 1.76. The summed E-state index contributed by atoms with van der Waals surface area (Å²) in [5, 5.41) is 9.01. The second kappa shape index (κ2) is 6.19. The van der Waals surface area contributed by atoms with E-state index in [1.165, 1.54) is 0 Å². The molecule has 1 heterocycles. The minimum Gasteiger partial charge on any atom is -0.481 e. The Hall–Kier alpha value is -1.36. The summed E-state index contributed by atoms with van der Waals surface area (Å²) in [5.74, 6) is -1.21. The number of carbonyl (C=O) groups excluding carboxylic acids is 1. The van der Waals surface area contributed by atoms with Gasteiger partial charge in [-0.25, -0.2) is 0 Å². The molecule has 1 atom stereocenters. The third kappa shape index (κ3) is 3.80. The highest BCUT2D eigenvalue weighted by atomic mass is 79.9. The highest BCUT2D eigenvalue weighted by molar-refractivity contribution is 9.10. The van der Waals surface area contributed by atoms with E-state index in [4.69, 9.17) is 5.11 Å². The maximum absolute atomic E-state index is 12.1. The normalized spacial score (nSPS) is 19.2. The van der Waals surface area contributed by atoms with Gasteiger partial charge in [0.05, 0.1) is 12.3 Å². The highest BCUT2D eigenvalue weighted by Gasteiger charge is 2.27. The van der Waals surface area contributed by atoms with Crippen molar-refractivity contribution in [2.75, 3.05) is 13.1 Å². The second-order valence-corrected chi connectivity index (χ2v) is 5.74. The van der Waals surface area contributed by atoms with E-state index < -0.39 is 11.9 Å². The van der Waals surface area contributed by atoms with Crippen LogP contribution in [0.25, 0.3) is 0 Å². The van der Waals surface area contributed by atoms with Gasteiger partial charge in [0.25, 0.3) is 0 Å². The molecule has 1 amide bonds. The van der Waals surface area contributed by atoms with Crippen molar-refractivity contribution < 1.29 is 14.7 Å². The predicted molar refractivity (Wildman–Crippen MR) is 74.8 cm³/mol. The van der Waals surface area contributed by atoms with E-state index in [-0.39, 0.29) is 5.91 Å². The van der Waals surface area contributed by atoms with E-state index >= 15 is 0 Å². The van der Waals surface area contributed by atoms with E-state index in [1.54, 1.807) is 4.90 Å². The smallest absolute Gasteiger partial charge is 0.308 e. The molecule has 1 aliphatic heterocycles. The fourth-order valence-electron chi connectivity index (χ4n) is 2.29. The standard InChI is InChI=1S/C14H16BrNO3/c15-12-5-3-10(4-6-12)8-13(17)16-7-1-2-11(9-16)14(18)19/h3-6,11H,1-2,7-9H2,(H,18,19). The Bertz CT molecular complexity index is 472. The van der Waals surface area contributed by atoms with Gasteiger partial charge in [-0.2, -0.15) is 0 Å². The first-order chi connectivity index (χ1) is 9.06. The van der Waals surface area contributed by atoms with Gasteiger partial charge >= 0.3 is 5.97 Å². The molecule has 0 radical (unpaired) electrons. The number of carboxylic acid groups (broad SMARTS) is 1. The van der Waals surface area contributed by atoms with Crippen molar-refractivity contribution in [1.29, 1.82) is 0 Å². The van der Waals surface area contributed by atoms with E-state index in [2.05, 4.69) is 15.9 Å².